The number of nitrogens with zero attached hydrogens (tertiary/aromatic N) is 2. The highest BCUT2D eigenvalue weighted by atomic mass is 32.1. The van der Waals surface area contributed by atoms with Gasteiger partial charge in [-0.2, -0.15) is 0 Å². The predicted octanol–water partition coefficient (Wildman–Crippen LogP) is 5.36. The van der Waals surface area contributed by atoms with Gasteiger partial charge < -0.3 is 4.90 Å². The fraction of sp³-hybridized carbons (Fsp3) is 0.952. The molecule has 0 amide bonds. The summed E-state index contributed by atoms with van der Waals surface area (Å²) in [7, 11) is 4.69. The molecule has 0 aliphatic heterocycles. The van der Waals surface area contributed by atoms with Gasteiger partial charge in [-0.1, -0.05) is 47.0 Å². The topological polar surface area (TPSA) is 3.24 Å². The third-order valence-electron chi connectivity index (χ3n) is 6.02. The lowest BCUT2D eigenvalue weighted by atomic mass is 9.82. The van der Waals surface area contributed by atoms with Crippen molar-refractivity contribution in [2.75, 3.05) is 33.7 Å². The molecule has 3 heteroatoms. The Hall–Kier alpha value is 0.01000. The number of likely N-dealkylation sites (N-methyl/N-ethyl adjacent to an activating group) is 2. The van der Waals surface area contributed by atoms with E-state index in [4.69, 9.17) is 12.2 Å². The molecule has 2 atom stereocenters. The quantitative estimate of drug-likeness (QED) is 0.362. The molecule has 24 heavy (non-hydrogen) atoms. The van der Waals surface area contributed by atoms with Crippen LogP contribution in [0.25, 0.3) is 0 Å². The standard InChI is InChI=1S/C21H43N2S/c1-7-8-13-22(5)15-21(14-18(2)3)23(6,17-24)16-20-11-9-19(4)10-12-20/h17-21H,7-16H2,1-6H3/q+1. The minimum Gasteiger partial charge on any atom is -0.301 e. The maximum atomic E-state index is 5.58. The van der Waals surface area contributed by atoms with E-state index in [-0.39, 0.29) is 0 Å². The Balaban J connectivity index is 2.75. The maximum Gasteiger partial charge on any atom is 0.161 e. The van der Waals surface area contributed by atoms with Crippen LogP contribution in [0.3, 0.4) is 0 Å². The number of hydrogen-bond acceptors (Lipinski definition) is 2. The summed E-state index contributed by atoms with van der Waals surface area (Å²) in [5, 5.41) is 0. The van der Waals surface area contributed by atoms with Crippen LogP contribution in [0, 0.1) is 17.8 Å². The molecule has 2 nitrogen and oxygen atoms in total. The van der Waals surface area contributed by atoms with Gasteiger partial charge in [-0.25, -0.2) is 0 Å². The van der Waals surface area contributed by atoms with Gasteiger partial charge in [0.25, 0.3) is 0 Å². The Morgan fingerprint density at radius 3 is 2.33 bits per heavy atom. The van der Waals surface area contributed by atoms with Gasteiger partial charge in [-0.05, 0) is 56.9 Å². The van der Waals surface area contributed by atoms with E-state index in [0.717, 1.165) is 22.2 Å². The molecule has 0 bridgehead atoms. The Morgan fingerprint density at radius 2 is 1.83 bits per heavy atom. The van der Waals surface area contributed by atoms with E-state index in [1.165, 1.54) is 64.6 Å². The van der Waals surface area contributed by atoms with Crippen molar-refractivity contribution in [3.8, 4) is 0 Å². The van der Waals surface area contributed by atoms with Crippen LogP contribution in [0.5, 0.6) is 0 Å². The van der Waals surface area contributed by atoms with Gasteiger partial charge in [0, 0.05) is 12.3 Å². The fourth-order valence-corrected chi connectivity index (χ4v) is 4.53. The first kappa shape index (κ1) is 22.1. The van der Waals surface area contributed by atoms with E-state index >= 15 is 0 Å². The van der Waals surface area contributed by atoms with Crippen LogP contribution in [0.15, 0.2) is 0 Å². The third kappa shape index (κ3) is 7.49. The summed E-state index contributed by atoms with van der Waals surface area (Å²) in [6, 6.07) is 0.628. The molecule has 0 radical (unpaired) electrons. The molecule has 1 fully saturated rings. The Bertz CT molecular complexity index is 350. The average molecular weight is 356 g/mol. The number of hydrogen-bond donors (Lipinski definition) is 0. The largest absolute Gasteiger partial charge is 0.301 e. The molecule has 0 saturated heterocycles. The minimum atomic E-state index is 0.628. The first-order valence-electron chi connectivity index (χ1n) is 10.3. The van der Waals surface area contributed by atoms with Crippen LogP contribution in [0.4, 0.5) is 0 Å². The predicted molar refractivity (Wildman–Crippen MR) is 111 cm³/mol. The minimum absolute atomic E-state index is 0.628. The molecule has 142 valence electrons. The monoisotopic (exact) mass is 355 g/mol. The normalized spacial score (nSPS) is 25.7. The molecule has 0 heterocycles. The lowest BCUT2D eigenvalue weighted by Gasteiger charge is -2.43. The highest BCUT2D eigenvalue weighted by Gasteiger charge is 2.35. The van der Waals surface area contributed by atoms with E-state index in [1.54, 1.807) is 0 Å². The Morgan fingerprint density at radius 1 is 1.21 bits per heavy atom. The smallest absolute Gasteiger partial charge is 0.161 e. The summed E-state index contributed by atoms with van der Waals surface area (Å²) >= 11 is 5.58. The highest BCUT2D eigenvalue weighted by molar-refractivity contribution is 7.78. The van der Waals surface area contributed by atoms with E-state index in [1.807, 2.05) is 0 Å². The second-order valence-corrected chi connectivity index (χ2v) is 9.37. The molecule has 1 aliphatic carbocycles. The van der Waals surface area contributed by atoms with Crippen molar-refractivity contribution in [3.05, 3.63) is 0 Å². The molecular formula is C21H43N2S+. The van der Waals surface area contributed by atoms with Gasteiger partial charge in [0.05, 0.1) is 20.1 Å². The van der Waals surface area contributed by atoms with Crippen LogP contribution in [-0.4, -0.2) is 54.6 Å². The summed E-state index contributed by atoms with van der Waals surface area (Å²) in [5.74, 6) is 2.52. The highest BCUT2D eigenvalue weighted by Crippen LogP contribution is 2.31. The molecule has 1 rings (SSSR count). The van der Waals surface area contributed by atoms with Crippen molar-refractivity contribution in [2.45, 2.75) is 78.7 Å². The van der Waals surface area contributed by atoms with Crippen molar-refractivity contribution in [2.24, 2.45) is 17.8 Å². The van der Waals surface area contributed by atoms with Crippen LogP contribution in [0.1, 0.15) is 72.6 Å². The molecule has 2 unspecified atom stereocenters. The van der Waals surface area contributed by atoms with Crippen molar-refractivity contribution in [1.29, 1.82) is 0 Å². The third-order valence-corrected chi connectivity index (χ3v) is 6.50. The molecule has 1 saturated carbocycles. The van der Waals surface area contributed by atoms with E-state index in [9.17, 15) is 0 Å². The van der Waals surface area contributed by atoms with Crippen LogP contribution >= 0.6 is 12.2 Å². The molecular weight excluding hydrogens is 312 g/mol. The first-order valence-corrected chi connectivity index (χ1v) is 10.8. The second-order valence-electron chi connectivity index (χ2n) is 9.16. The zero-order valence-electron chi connectivity index (χ0n) is 17.3. The molecule has 0 aromatic carbocycles. The van der Waals surface area contributed by atoms with Crippen LogP contribution < -0.4 is 0 Å². The Labute approximate surface area is 157 Å². The van der Waals surface area contributed by atoms with Crippen molar-refractivity contribution in [3.63, 3.8) is 0 Å². The molecule has 0 N–H and O–H groups in total. The first-order chi connectivity index (χ1) is 11.3. The van der Waals surface area contributed by atoms with Gasteiger partial charge in [0.1, 0.15) is 6.04 Å². The van der Waals surface area contributed by atoms with Crippen molar-refractivity contribution >= 4 is 17.7 Å². The molecule has 0 aromatic rings. The number of quaternary nitrogens is 1. The summed E-state index contributed by atoms with van der Waals surface area (Å²) < 4.78 is 0.975. The maximum absolute atomic E-state index is 5.58. The Kier molecular flexibility index (Phi) is 10.00. The lowest BCUT2D eigenvalue weighted by molar-refractivity contribution is -0.843. The number of unbranched alkanes of at least 4 members (excludes halogenated alkanes) is 1. The summed E-state index contributed by atoms with van der Waals surface area (Å²) in [4.78, 5) is 2.54. The van der Waals surface area contributed by atoms with Gasteiger partial charge in [-0.3, -0.25) is 4.48 Å². The van der Waals surface area contributed by atoms with Gasteiger partial charge >= 0.3 is 0 Å². The molecule has 0 aromatic heterocycles. The summed E-state index contributed by atoms with van der Waals surface area (Å²) in [5.41, 5.74) is 2.08. The van der Waals surface area contributed by atoms with Crippen molar-refractivity contribution < 1.29 is 4.48 Å². The molecule has 0 spiro atoms. The fourth-order valence-electron chi connectivity index (χ4n) is 4.27. The van der Waals surface area contributed by atoms with E-state index in [2.05, 4.69) is 52.2 Å². The second kappa shape index (κ2) is 10.9. The van der Waals surface area contributed by atoms with Crippen molar-refractivity contribution in [1.82, 2.24) is 4.90 Å². The van der Waals surface area contributed by atoms with Gasteiger partial charge in [0.2, 0.25) is 0 Å². The summed E-state index contributed by atoms with van der Waals surface area (Å²) in [6.45, 7) is 13.0. The lowest BCUT2D eigenvalue weighted by Crippen LogP contribution is -2.57. The van der Waals surface area contributed by atoms with Gasteiger partial charge in [-0.15, -0.1) is 0 Å². The zero-order valence-corrected chi connectivity index (χ0v) is 18.1. The number of thiocarbonyl (C=S) groups is 1. The zero-order chi connectivity index (χ0) is 18.2. The SMILES string of the molecule is CCCCN(C)CC(CC(C)C)[N+](C)(C=S)CC1CCC(C)CC1. The molecule has 1 aliphatic rings. The van der Waals surface area contributed by atoms with E-state index in [0.29, 0.717) is 6.04 Å². The van der Waals surface area contributed by atoms with Crippen LogP contribution in [0.2, 0.25) is 0 Å². The number of rotatable bonds is 11. The van der Waals surface area contributed by atoms with E-state index < -0.39 is 0 Å². The van der Waals surface area contributed by atoms with Gasteiger partial charge in [0.15, 0.2) is 5.49 Å². The summed E-state index contributed by atoms with van der Waals surface area (Å²) in [6.07, 6.45) is 9.46. The average Bonchev–Trinajstić information content (AvgIpc) is 2.54. The van der Waals surface area contributed by atoms with Crippen LogP contribution in [-0.2, 0) is 0 Å².